The van der Waals surface area contributed by atoms with Crippen LogP contribution >= 0.6 is 0 Å². The molecular formula is C22H26N4O3. The van der Waals surface area contributed by atoms with Crippen LogP contribution < -0.4 is 9.64 Å². The number of unbranched alkanes of at least 4 members (excludes halogenated alkanes) is 1. The predicted molar refractivity (Wildman–Crippen MR) is 112 cm³/mol. The van der Waals surface area contributed by atoms with Gasteiger partial charge >= 0.3 is 0 Å². The molecule has 3 heterocycles. The fraction of sp³-hybridized carbons (Fsp3) is 0.409. The van der Waals surface area contributed by atoms with E-state index in [-0.39, 0.29) is 5.91 Å². The van der Waals surface area contributed by atoms with Crippen molar-refractivity contribution >= 4 is 22.8 Å². The van der Waals surface area contributed by atoms with Gasteiger partial charge in [-0.3, -0.25) is 4.79 Å². The molecule has 1 amide bonds. The number of hydrogen-bond donors (Lipinski definition) is 0. The number of anilines is 1. The minimum Gasteiger partial charge on any atom is -0.481 e. The van der Waals surface area contributed by atoms with E-state index in [2.05, 4.69) is 21.8 Å². The Hall–Kier alpha value is -3.09. The van der Waals surface area contributed by atoms with Crippen LogP contribution in [0.1, 0.15) is 35.9 Å². The number of fused-ring (bicyclic) bond motifs is 1. The minimum atomic E-state index is 0.0484. The molecule has 7 heteroatoms. The van der Waals surface area contributed by atoms with Crippen molar-refractivity contribution < 1.29 is 13.9 Å². The molecule has 0 atom stereocenters. The largest absolute Gasteiger partial charge is 0.481 e. The Morgan fingerprint density at radius 3 is 2.72 bits per heavy atom. The van der Waals surface area contributed by atoms with E-state index in [4.69, 9.17) is 9.15 Å². The molecule has 7 nitrogen and oxygen atoms in total. The van der Waals surface area contributed by atoms with Crippen molar-refractivity contribution in [3.63, 3.8) is 0 Å². The summed E-state index contributed by atoms with van der Waals surface area (Å²) in [6.07, 6.45) is 4.53. The summed E-state index contributed by atoms with van der Waals surface area (Å²) in [4.78, 5) is 26.1. The molecule has 1 aliphatic rings. The number of para-hydroxylation sites is 1. The molecule has 0 aliphatic carbocycles. The van der Waals surface area contributed by atoms with E-state index in [1.807, 2.05) is 29.2 Å². The first-order valence-corrected chi connectivity index (χ1v) is 10.1. The molecule has 0 N–H and O–H groups in total. The average Bonchev–Trinajstić information content (AvgIpc) is 3.15. The lowest BCUT2D eigenvalue weighted by molar-refractivity contribution is 0.0745. The molecule has 0 radical (unpaired) electrons. The van der Waals surface area contributed by atoms with Crippen LogP contribution in [-0.2, 0) is 6.42 Å². The molecule has 152 valence electrons. The number of ether oxygens (including phenoxy) is 1. The van der Waals surface area contributed by atoms with Crippen LogP contribution in [0.5, 0.6) is 5.88 Å². The van der Waals surface area contributed by atoms with Crippen LogP contribution in [0.3, 0.4) is 0 Å². The summed E-state index contributed by atoms with van der Waals surface area (Å²) in [5.74, 6) is 2.02. The van der Waals surface area contributed by atoms with Gasteiger partial charge in [0.2, 0.25) is 11.8 Å². The third kappa shape index (κ3) is 3.90. The number of methoxy groups -OCH3 is 1. The SMILES string of the molecule is CCCCc1oc2ccccc2c1C(=O)N1CCN(c2nccc(OC)n2)CC1. The number of aryl methyl sites for hydroxylation is 1. The van der Waals surface area contributed by atoms with Gasteiger partial charge in [-0.1, -0.05) is 31.5 Å². The molecule has 2 aromatic heterocycles. The van der Waals surface area contributed by atoms with Crippen molar-refractivity contribution in [3.05, 3.63) is 47.9 Å². The first kappa shape index (κ1) is 19.2. The van der Waals surface area contributed by atoms with E-state index in [1.54, 1.807) is 19.4 Å². The number of hydrogen-bond acceptors (Lipinski definition) is 6. The molecule has 0 spiro atoms. The second-order valence-electron chi connectivity index (χ2n) is 7.18. The summed E-state index contributed by atoms with van der Waals surface area (Å²) in [7, 11) is 1.59. The number of piperazine rings is 1. The fourth-order valence-corrected chi connectivity index (χ4v) is 3.71. The summed E-state index contributed by atoms with van der Waals surface area (Å²) >= 11 is 0. The number of amides is 1. The summed E-state index contributed by atoms with van der Waals surface area (Å²) < 4.78 is 11.2. The van der Waals surface area contributed by atoms with Gasteiger partial charge in [-0.2, -0.15) is 4.98 Å². The second kappa shape index (κ2) is 8.51. The lowest BCUT2D eigenvalue weighted by Gasteiger charge is -2.34. The van der Waals surface area contributed by atoms with Gasteiger partial charge in [0.25, 0.3) is 5.91 Å². The topological polar surface area (TPSA) is 71.7 Å². The van der Waals surface area contributed by atoms with Gasteiger partial charge in [-0.15, -0.1) is 0 Å². The number of carbonyl (C=O) groups is 1. The maximum atomic E-state index is 13.4. The Labute approximate surface area is 170 Å². The Morgan fingerprint density at radius 2 is 1.97 bits per heavy atom. The third-order valence-corrected chi connectivity index (χ3v) is 5.32. The van der Waals surface area contributed by atoms with E-state index >= 15 is 0 Å². The van der Waals surface area contributed by atoms with Crippen LogP contribution in [0.15, 0.2) is 40.9 Å². The lowest BCUT2D eigenvalue weighted by atomic mass is 10.1. The Bertz CT molecular complexity index is 993. The molecule has 3 aromatic rings. The van der Waals surface area contributed by atoms with Crippen LogP contribution in [0, 0.1) is 0 Å². The zero-order valence-corrected chi connectivity index (χ0v) is 16.9. The average molecular weight is 394 g/mol. The second-order valence-corrected chi connectivity index (χ2v) is 7.18. The molecule has 0 unspecified atom stereocenters. The van der Waals surface area contributed by atoms with Crippen molar-refractivity contribution in [2.45, 2.75) is 26.2 Å². The Balaban J connectivity index is 1.52. The van der Waals surface area contributed by atoms with Crippen LogP contribution in [0.4, 0.5) is 5.95 Å². The maximum Gasteiger partial charge on any atom is 0.258 e. The van der Waals surface area contributed by atoms with Gasteiger partial charge in [-0.25, -0.2) is 4.98 Å². The molecule has 1 aromatic carbocycles. The summed E-state index contributed by atoms with van der Waals surface area (Å²) in [6.45, 7) is 4.74. The van der Waals surface area contributed by atoms with Gasteiger partial charge in [0.15, 0.2) is 0 Å². The number of carbonyl (C=O) groups excluding carboxylic acids is 1. The predicted octanol–water partition coefficient (Wildman–Crippen LogP) is 3.54. The quantitative estimate of drug-likeness (QED) is 0.637. The number of rotatable bonds is 6. The van der Waals surface area contributed by atoms with E-state index < -0.39 is 0 Å². The van der Waals surface area contributed by atoms with Crippen molar-refractivity contribution in [1.29, 1.82) is 0 Å². The van der Waals surface area contributed by atoms with Crippen molar-refractivity contribution in [2.75, 3.05) is 38.2 Å². The Kier molecular flexibility index (Phi) is 5.64. The highest BCUT2D eigenvalue weighted by Crippen LogP contribution is 2.29. The van der Waals surface area contributed by atoms with Crippen LogP contribution in [0.25, 0.3) is 11.0 Å². The number of nitrogens with zero attached hydrogens (tertiary/aromatic N) is 4. The molecular weight excluding hydrogens is 368 g/mol. The highest BCUT2D eigenvalue weighted by atomic mass is 16.5. The van der Waals surface area contributed by atoms with Crippen molar-refractivity contribution in [1.82, 2.24) is 14.9 Å². The third-order valence-electron chi connectivity index (χ3n) is 5.32. The van der Waals surface area contributed by atoms with E-state index in [1.165, 1.54) is 0 Å². The zero-order chi connectivity index (χ0) is 20.2. The molecule has 29 heavy (non-hydrogen) atoms. The van der Waals surface area contributed by atoms with Gasteiger partial charge in [0, 0.05) is 50.2 Å². The van der Waals surface area contributed by atoms with Crippen molar-refractivity contribution in [3.8, 4) is 5.88 Å². The fourth-order valence-electron chi connectivity index (χ4n) is 3.71. The monoisotopic (exact) mass is 394 g/mol. The van der Waals surface area contributed by atoms with Gasteiger partial charge in [0.05, 0.1) is 12.7 Å². The smallest absolute Gasteiger partial charge is 0.258 e. The number of aromatic nitrogens is 2. The molecule has 0 saturated carbocycles. The van der Waals surface area contributed by atoms with Crippen LogP contribution in [0.2, 0.25) is 0 Å². The standard InChI is InChI=1S/C22H26N4O3/c1-3-4-8-18-20(16-7-5-6-9-17(16)29-18)21(27)25-12-14-26(15-13-25)22-23-11-10-19(24-22)28-2/h5-7,9-11H,3-4,8,12-15H2,1-2H3. The Morgan fingerprint density at radius 1 is 1.17 bits per heavy atom. The summed E-state index contributed by atoms with van der Waals surface area (Å²) in [5, 5.41) is 0.905. The summed E-state index contributed by atoms with van der Waals surface area (Å²) in [5.41, 5.74) is 1.51. The minimum absolute atomic E-state index is 0.0484. The summed E-state index contributed by atoms with van der Waals surface area (Å²) in [6, 6.07) is 9.53. The molecule has 1 fully saturated rings. The van der Waals surface area contributed by atoms with Gasteiger partial charge < -0.3 is 19.0 Å². The maximum absolute atomic E-state index is 13.4. The first-order chi connectivity index (χ1) is 14.2. The highest BCUT2D eigenvalue weighted by Gasteiger charge is 2.28. The first-order valence-electron chi connectivity index (χ1n) is 10.1. The van der Waals surface area contributed by atoms with Crippen molar-refractivity contribution in [2.24, 2.45) is 0 Å². The molecule has 0 bridgehead atoms. The number of furan rings is 1. The molecule has 4 rings (SSSR count). The zero-order valence-electron chi connectivity index (χ0n) is 16.9. The lowest BCUT2D eigenvalue weighted by Crippen LogP contribution is -2.49. The molecule has 1 saturated heterocycles. The van der Waals surface area contributed by atoms with Gasteiger partial charge in [-0.05, 0) is 12.5 Å². The molecule has 1 aliphatic heterocycles. The normalized spacial score (nSPS) is 14.4. The van der Waals surface area contributed by atoms with Gasteiger partial charge in [0.1, 0.15) is 11.3 Å². The van der Waals surface area contributed by atoms with E-state index in [0.717, 1.165) is 41.6 Å². The van der Waals surface area contributed by atoms with E-state index in [0.29, 0.717) is 38.0 Å². The number of benzene rings is 1. The van der Waals surface area contributed by atoms with E-state index in [9.17, 15) is 4.79 Å². The highest BCUT2D eigenvalue weighted by molar-refractivity contribution is 6.07. The van der Waals surface area contributed by atoms with Crippen LogP contribution in [-0.4, -0.2) is 54.1 Å².